The van der Waals surface area contributed by atoms with Crippen LogP contribution >= 0.6 is 0 Å². The van der Waals surface area contributed by atoms with Crippen molar-refractivity contribution < 1.29 is 13.6 Å². The van der Waals surface area contributed by atoms with Gasteiger partial charge in [0, 0.05) is 23.2 Å². The molecule has 0 aliphatic rings. The fourth-order valence-electron chi connectivity index (χ4n) is 3.11. The minimum Gasteiger partial charge on any atom is -0.353 e. The lowest BCUT2D eigenvalue weighted by Crippen LogP contribution is -2.50. The van der Waals surface area contributed by atoms with Crippen molar-refractivity contribution in [2.45, 2.75) is 58.7 Å². The molecular formula is C24H32F2N4O. The van der Waals surface area contributed by atoms with Gasteiger partial charge in [-0.2, -0.15) is 4.99 Å². The lowest BCUT2D eigenvalue weighted by molar-refractivity contribution is 0.100. The van der Waals surface area contributed by atoms with Crippen molar-refractivity contribution in [1.82, 2.24) is 16.0 Å². The molecule has 2 aromatic carbocycles. The summed E-state index contributed by atoms with van der Waals surface area (Å²) >= 11 is 0. The highest BCUT2D eigenvalue weighted by atomic mass is 19.1. The van der Waals surface area contributed by atoms with E-state index >= 15 is 0 Å². The Balaban J connectivity index is 2.18. The van der Waals surface area contributed by atoms with Crippen LogP contribution in [0.1, 0.15) is 61.6 Å². The molecule has 0 spiro atoms. The average Bonchev–Trinajstić information content (AvgIpc) is 2.67. The Bertz CT molecular complexity index is 920. The standard InChI is InChI=1S/C24H32F2N4O/c1-15-7-8-18(14-20(15)26)22(31)29-23(30-24(3,4)5)28-16(2)13-21(27-6)17-9-11-19(25)12-10-17/h7-12,14,16,21,27H,13H2,1-6H3,(H2,28,29,30,31). The zero-order chi connectivity index (χ0) is 23.2. The van der Waals surface area contributed by atoms with Gasteiger partial charge in [-0.3, -0.25) is 4.79 Å². The minimum absolute atomic E-state index is 0.0131. The van der Waals surface area contributed by atoms with Crippen molar-refractivity contribution in [3.63, 3.8) is 0 Å². The minimum atomic E-state index is -0.533. The first-order valence-electron chi connectivity index (χ1n) is 10.3. The number of aliphatic imine (C=N–C) groups is 1. The highest BCUT2D eigenvalue weighted by molar-refractivity contribution is 6.02. The molecule has 5 nitrogen and oxygen atoms in total. The molecule has 3 N–H and O–H groups in total. The van der Waals surface area contributed by atoms with E-state index in [1.54, 1.807) is 31.2 Å². The second-order valence-corrected chi connectivity index (χ2v) is 8.78. The van der Waals surface area contributed by atoms with Crippen LogP contribution in [0.3, 0.4) is 0 Å². The molecule has 0 saturated heterocycles. The SMILES string of the molecule is CNC(CC(C)N/C(=N\C(=O)c1ccc(C)c(F)c1)NC(C)(C)C)c1ccc(F)cc1. The Labute approximate surface area is 183 Å². The number of aryl methyl sites for hydroxylation is 1. The summed E-state index contributed by atoms with van der Waals surface area (Å²) in [6.07, 6.45) is 0.667. The number of nitrogens with one attached hydrogen (secondary N) is 3. The maximum absolute atomic E-state index is 13.9. The highest BCUT2D eigenvalue weighted by Gasteiger charge is 2.19. The Kier molecular flexibility index (Phi) is 8.28. The van der Waals surface area contributed by atoms with Crippen molar-refractivity contribution in [1.29, 1.82) is 0 Å². The van der Waals surface area contributed by atoms with Crippen LogP contribution in [0.4, 0.5) is 8.78 Å². The van der Waals surface area contributed by atoms with Gasteiger partial charge in [-0.25, -0.2) is 8.78 Å². The molecule has 0 heterocycles. The predicted molar refractivity (Wildman–Crippen MR) is 121 cm³/mol. The van der Waals surface area contributed by atoms with E-state index in [0.29, 0.717) is 17.9 Å². The Hall–Kier alpha value is -2.80. The zero-order valence-electron chi connectivity index (χ0n) is 19.0. The van der Waals surface area contributed by atoms with Crippen molar-refractivity contribution in [3.05, 3.63) is 70.8 Å². The van der Waals surface area contributed by atoms with Gasteiger partial charge >= 0.3 is 0 Å². The number of rotatable bonds is 6. The Morgan fingerprint density at radius 1 is 1.10 bits per heavy atom. The number of amides is 1. The average molecular weight is 431 g/mol. The van der Waals surface area contributed by atoms with Gasteiger partial charge in [0.25, 0.3) is 5.91 Å². The molecule has 0 aliphatic carbocycles. The molecule has 0 fully saturated rings. The van der Waals surface area contributed by atoms with Crippen molar-refractivity contribution in [2.24, 2.45) is 4.99 Å². The summed E-state index contributed by atoms with van der Waals surface area (Å²) in [5.41, 5.74) is 1.28. The molecule has 168 valence electrons. The van der Waals surface area contributed by atoms with Gasteiger partial charge in [0.2, 0.25) is 0 Å². The summed E-state index contributed by atoms with van der Waals surface area (Å²) in [5, 5.41) is 9.70. The van der Waals surface area contributed by atoms with Gasteiger partial charge in [0.15, 0.2) is 5.96 Å². The van der Waals surface area contributed by atoms with E-state index < -0.39 is 11.7 Å². The molecule has 0 bridgehead atoms. The number of guanidine groups is 1. The lowest BCUT2D eigenvalue weighted by Gasteiger charge is -2.28. The van der Waals surface area contributed by atoms with Crippen LogP contribution in [0.25, 0.3) is 0 Å². The van der Waals surface area contributed by atoms with E-state index in [1.165, 1.54) is 18.2 Å². The third-order valence-electron chi connectivity index (χ3n) is 4.72. The van der Waals surface area contributed by atoms with Gasteiger partial charge in [0.1, 0.15) is 11.6 Å². The van der Waals surface area contributed by atoms with E-state index in [2.05, 4.69) is 20.9 Å². The summed E-state index contributed by atoms with van der Waals surface area (Å²) in [6, 6.07) is 10.6. The third-order valence-corrected chi connectivity index (χ3v) is 4.72. The summed E-state index contributed by atoms with van der Waals surface area (Å²) in [4.78, 5) is 16.8. The molecule has 1 amide bonds. The molecule has 2 rings (SSSR count). The number of carbonyl (C=O) groups is 1. The number of hydrogen-bond donors (Lipinski definition) is 3. The van der Waals surface area contributed by atoms with E-state index in [9.17, 15) is 13.6 Å². The van der Waals surface area contributed by atoms with Gasteiger partial charge in [-0.1, -0.05) is 18.2 Å². The van der Waals surface area contributed by atoms with Crippen LogP contribution in [0, 0.1) is 18.6 Å². The van der Waals surface area contributed by atoms with Crippen LogP contribution < -0.4 is 16.0 Å². The number of halogens is 2. The highest BCUT2D eigenvalue weighted by Crippen LogP contribution is 2.19. The number of hydrogen-bond acceptors (Lipinski definition) is 2. The monoisotopic (exact) mass is 430 g/mol. The Morgan fingerprint density at radius 2 is 1.74 bits per heavy atom. The summed E-state index contributed by atoms with van der Waals surface area (Å²) in [7, 11) is 1.85. The van der Waals surface area contributed by atoms with E-state index in [0.717, 1.165) is 5.56 Å². The van der Waals surface area contributed by atoms with Crippen LogP contribution in [0.5, 0.6) is 0 Å². The largest absolute Gasteiger partial charge is 0.353 e. The van der Waals surface area contributed by atoms with Crippen LogP contribution in [-0.4, -0.2) is 30.5 Å². The first-order chi connectivity index (χ1) is 14.5. The summed E-state index contributed by atoms with van der Waals surface area (Å²) in [5.74, 6) is -0.933. The maximum atomic E-state index is 13.9. The second-order valence-electron chi connectivity index (χ2n) is 8.78. The second kappa shape index (κ2) is 10.5. The van der Waals surface area contributed by atoms with E-state index in [1.807, 2.05) is 34.7 Å². The van der Waals surface area contributed by atoms with Crippen LogP contribution in [0.15, 0.2) is 47.5 Å². The fraction of sp³-hybridized carbons (Fsp3) is 0.417. The lowest BCUT2D eigenvalue weighted by atomic mass is 10.00. The molecule has 0 saturated carbocycles. The first kappa shape index (κ1) is 24.5. The van der Waals surface area contributed by atoms with Crippen LogP contribution in [0.2, 0.25) is 0 Å². The van der Waals surface area contributed by atoms with E-state index in [4.69, 9.17) is 0 Å². The van der Waals surface area contributed by atoms with Gasteiger partial charge < -0.3 is 16.0 Å². The molecule has 2 aromatic rings. The molecule has 0 aliphatic heterocycles. The number of carbonyl (C=O) groups excluding carboxylic acids is 1. The number of nitrogens with zero attached hydrogens (tertiary/aromatic N) is 1. The topological polar surface area (TPSA) is 65.5 Å². The summed E-state index contributed by atoms with van der Waals surface area (Å²) in [6.45, 7) is 9.49. The smallest absolute Gasteiger partial charge is 0.280 e. The maximum Gasteiger partial charge on any atom is 0.280 e. The molecular weight excluding hydrogens is 398 g/mol. The fourth-order valence-corrected chi connectivity index (χ4v) is 3.11. The Morgan fingerprint density at radius 3 is 2.29 bits per heavy atom. The first-order valence-corrected chi connectivity index (χ1v) is 10.3. The third kappa shape index (κ3) is 7.75. The molecule has 0 aromatic heterocycles. The zero-order valence-corrected chi connectivity index (χ0v) is 19.0. The van der Waals surface area contributed by atoms with Gasteiger partial charge in [-0.05, 0) is 83.5 Å². The van der Waals surface area contributed by atoms with Gasteiger partial charge in [0.05, 0.1) is 0 Å². The quantitative estimate of drug-likeness (QED) is 0.467. The van der Waals surface area contributed by atoms with Crippen LogP contribution in [-0.2, 0) is 0 Å². The van der Waals surface area contributed by atoms with Crippen molar-refractivity contribution >= 4 is 11.9 Å². The van der Waals surface area contributed by atoms with E-state index in [-0.39, 0.29) is 29.0 Å². The molecule has 2 unspecified atom stereocenters. The number of benzene rings is 2. The van der Waals surface area contributed by atoms with Gasteiger partial charge in [-0.15, -0.1) is 0 Å². The summed E-state index contributed by atoms with van der Waals surface area (Å²) < 4.78 is 27.1. The van der Waals surface area contributed by atoms with Crippen molar-refractivity contribution in [3.8, 4) is 0 Å². The molecule has 31 heavy (non-hydrogen) atoms. The molecule has 7 heteroatoms. The molecule has 0 radical (unpaired) electrons. The van der Waals surface area contributed by atoms with Crippen molar-refractivity contribution in [2.75, 3.05) is 7.05 Å². The molecule has 2 atom stereocenters. The normalized spacial score (nSPS) is 14.1. The predicted octanol–water partition coefficient (Wildman–Crippen LogP) is 4.49.